The first-order valence-corrected chi connectivity index (χ1v) is 7.54. The van der Waals surface area contributed by atoms with Crippen LogP contribution in [0.1, 0.15) is 19.4 Å². The molecule has 6 heteroatoms. The summed E-state index contributed by atoms with van der Waals surface area (Å²) < 4.78 is 31.7. The lowest BCUT2D eigenvalue weighted by molar-refractivity contribution is -0.140. The van der Waals surface area contributed by atoms with Crippen LogP contribution < -0.4 is 10.1 Å². The van der Waals surface area contributed by atoms with Crippen LogP contribution in [0.3, 0.4) is 0 Å². The van der Waals surface area contributed by atoms with Crippen LogP contribution in [0.5, 0.6) is 11.5 Å². The van der Waals surface area contributed by atoms with E-state index >= 15 is 0 Å². The second kappa shape index (κ2) is 7.88. The highest BCUT2D eigenvalue weighted by Gasteiger charge is 2.20. The molecule has 0 spiro atoms. The van der Waals surface area contributed by atoms with E-state index < -0.39 is 23.6 Å². The van der Waals surface area contributed by atoms with Crippen LogP contribution in [0, 0.1) is 17.6 Å². The fourth-order valence-electron chi connectivity index (χ4n) is 2.23. The Bertz CT molecular complexity index is 682. The fraction of sp³-hybridized carbons (Fsp3) is 0.278. The highest BCUT2D eigenvalue weighted by atomic mass is 19.1. The smallest absolute Gasteiger partial charge is 0.320 e. The van der Waals surface area contributed by atoms with Gasteiger partial charge in [0.05, 0.1) is 0 Å². The van der Waals surface area contributed by atoms with E-state index in [4.69, 9.17) is 9.84 Å². The molecule has 2 rings (SSSR count). The van der Waals surface area contributed by atoms with E-state index in [-0.39, 0.29) is 11.7 Å². The van der Waals surface area contributed by atoms with Crippen molar-refractivity contribution in [1.29, 1.82) is 0 Å². The number of halogens is 2. The Hall–Kier alpha value is -2.47. The van der Waals surface area contributed by atoms with Crippen LogP contribution in [0.4, 0.5) is 8.78 Å². The van der Waals surface area contributed by atoms with Crippen LogP contribution in [0.2, 0.25) is 0 Å². The molecule has 2 aromatic rings. The molecule has 0 radical (unpaired) electrons. The van der Waals surface area contributed by atoms with Gasteiger partial charge in [0.15, 0.2) is 0 Å². The van der Waals surface area contributed by atoms with Gasteiger partial charge in [-0.15, -0.1) is 0 Å². The number of carboxylic acids is 1. The molecule has 0 heterocycles. The quantitative estimate of drug-likeness (QED) is 0.804. The highest BCUT2D eigenvalue weighted by molar-refractivity contribution is 5.73. The molecule has 0 aliphatic heterocycles. The Morgan fingerprint density at radius 1 is 1.08 bits per heavy atom. The van der Waals surface area contributed by atoms with Crippen molar-refractivity contribution >= 4 is 5.97 Å². The number of hydrogen-bond donors (Lipinski definition) is 2. The number of rotatable bonds is 7. The Morgan fingerprint density at radius 3 is 2.17 bits per heavy atom. The largest absolute Gasteiger partial charge is 0.480 e. The van der Waals surface area contributed by atoms with Crippen LogP contribution in [-0.2, 0) is 11.3 Å². The lowest BCUT2D eigenvalue weighted by atomic mass is 10.0. The molecule has 0 aromatic heterocycles. The van der Waals surface area contributed by atoms with Crippen molar-refractivity contribution in [3.63, 3.8) is 0 Å². The van der Waals surface area contributed by atoms with E-state index in [1.807, 2.05) is 13.8 Å². The van der Waals surface area contributed by atoms with Gasteiger partial charge in [0.2, 0.25) is 0 Å². The third-order valence-electron chi connectivity index (χ3n) is 3.45. The van der Waals surface area contributed by atoms with Gasteiger partial charge in [-0.1, -0.05) is 26.0 Å². The van der Waals surface area contributed by atoms with Crippen molar-refractivity contribution in [3.05, 3.63) is 59.7 Å². The zero-order chi connectivity index (χ0) is 17.7. The number of hydrogen-bond acceptors (Lipinski definition) is 3. The molecule has 24 heavy (non-hydrogen) atoms. The van der Waals surface area contributed by atoms with E-state index in [9.17, 15) is 13.6 Å². The Kier molecular flexibility index (Phi) is 5.87. The minimum Gasteiger partial charge on any atom is -0.480 e. The molecule has 2 N–H and O–H groups in total. The number of aliphatic carboxylic acids is 1. The molecule has 1 atom stereocenters. The monoisotopic (exact) mass is 335 g/mol. The summed E-state index contributed by atoms with van der Waals surface area (Å²) in [7, 11) is 0. The lowest BCUT2D eigenvalue weighted by Crippen LogP contribution is -2.40. The van der Waals surface area contributed by atoms with Crippen LogP contribution in [0.15, 0.2) is 42.5 Å². The van der Waals surface area contributed by atoms with Gasteiger partial charge >= 0.3 is 5.97 Å². The Morgan fingerprint density at radius 2 is 1.67 bits per heavy atom. The number of carboxylic acid groups (broad SMARTS) is 1. The van der Waals surface area contributed by atoms with Crippen LogP contribution >= 0.6 is 0 Å². The summed E-state index contributed by atoms with van der Waals surface area (Å²) in [5.74, 6) is -1.84. The maximum atomic E-state index is 13.1. The van der Waals surface area contributed by atoms with Gasteiger partial charge < -0.3 is 15.2 Å². The number of carbonyl (C=O) groups is 1. The van der Waals surface area contributed by atoms with E-state index in [0.29, 0.717) is 12.3 Å². The first-order chi connectivity index (χ1) is 11.3. The average molecular weight is 335 g/mol. The molecule has 2 aromatic carbocycles. The van der Waals surface area contributed by atoms with Gasteiger partial charge in [-0.2, -0.15) is 0 Å². The maximum Gasteiger partial charge on any atom is 0.320 e. The maximum absolute atomic E-state index is 13.1. The topological polar surface area (TPSA) is 58.6 Å². The predicted octanol–water partition coefficient (Wildman–Crippen LogP) is 3.96. The third-order valence-corrected chi connectivity index (χ3v) is 3.45. The second-order valence-electron chi connectivity index (χ2n) is 5.79. The van der Waals surface area contributed by atoms with Gasteiger partial charge in [-0.3, -0.25) is 4.79 Å². The molecule has 4 nitrogen and oxygen atoms in total. The Balaban J connectivity index is 1.99. The van der Waals surface area contributed by atoms with Gasteiger partial charge in [-0.05, 0) is 23.6 Å². The molecule has 0 bridgehead atoms. The predicted molar refractivity (Wildman–Crippen MR) is 86.0 cm³/mol. The highest BCUT2D eigenvalue weighted by Crippen LogP contribution is 2.23. The lowest BCUT2D eigenvalue weighted by Gasteiger charge is -2.18. The summed E-state index contributed by atoms with van der Waals surface area (Å²) in [6.45, 7) is 4.06. The minimum absolute atomic E-state index is 0.0343. The summed E-state index contributed by atoms with van der Waals surface area (Å²) in [6.07, 6.45) is 0. The van der Waals surface area contributed by atoms with E-state index in [2.05, 4.69) is 5.32 Å². The van der Waals surface area contributed by atoms with Crippen molar-refractivity contribution in [3.8, 4) is 11.5 Å². The van der Waals surface area contributed by atoms with Crippen molar-refractivity contribution in [2.75, 3.05) is 0 Å². The summed E-state index contributed by atoms with van der Waals surface area (Å²) in [5, 5.41) is 12.1. The molecule has 0 saturated heterocycles. The SMILES string of the molecule is CC(C)[C@@H](NCc1ccc(Oc2cc(F)cc(F)c2)cc1)C(=O)O. The summed E-state index contributed by atoms with van der Waals surface area (Å²) in [4.78, 5) is 11.1. The summed E-state index contributed by atoms with van der Waals surface area (Å²) in [5.41, 5.74) is 0.875. The Labute approximate surface area is 139 Å². The van der Waals surface area contributed by atoms with Crippen molar-refractivity contribution in [1.82, 2.24) is 5.32 Å². The number of ether oxygens (including phenoxy) is 1. The van der Waals surface area contributed by atoms with Gasteiger partial charge in [-0.25, -0.2) is 8.78 Å². The zero-order valence-corrected chi connectivity index (χ0v) is 13.4. The molecule has 0 aliphatic rings. The molecular formula is C18H19F2NO3. The van der Waals surface area contributed by atoms with E-state index in [0.717, 1.165) is 23.8 Å². The standard InChI is InChI=1S/C18H19F2NO3/c1-11(2)17(18(22)23)21-10-12-3-5-15(6-4-12)24-16-8-13(19)7-14(20)9-16/h3-9,11,17,21H,10H2,1-2H3,(H,22,23)/t17-/m1/s1. The molecule has 0 aliphatic carbocycles. The number of nitrogens with one attached hydrogen (secondary N) is 1. The molecule has 0 amide bonds. The van der Waals surface area contributed by atoms with Gasteiger partial charge in [0.25, 0.3) is 0 Å². The molecule has 0 saturated carbocycles. The van der Waals surface area contributed by atoms with Gasteiger partial charge in [0.1, 0.15) is 29.2 Å². The molecular weight excluding hydrogens is 316 g/mol. The summed E-state index contributed by atoms with van der Waals surface area (Å²) in [6, 6.07) is 9.17. The van der Waals surface area contributed by atoms with Gasteiger partial charge in [0, 0.05) is 24.7 Å². The normalized spacial score (nSPS) is 12.2. The molecule has 128 valence electrons. The molecule has 0 unspecified atom stereocenters. The minimum atomic E-state index is -0.891. The van der Waals surface area contributed by atoms with E-state index in [1.54, 1.807) is 24.3 Å². The van der Waals surface area contributed by atoms with Crippen molar-refractivity contribution in [2.24, 2.45) is 5.92 Å². The molecule has 0 fully saturated rings. The average Bonchev–Trinajstić information content (AvgIpc) is 2.47. The second-order valence-corrected chi connectivity index (χ2v) is 5.79. The first-order valence-electron chi connectivity index (χ1n) is 7.54. The van der Waals surface area contributed by atoms with E-state index in [1.165, 1.54) is 0 Å². The van der Waals surface area contributed by atoms with Crippen molar-refractivity contribution in [2.45, 2.75) is 26.4 Å². The van der Waals surface area contributed by atoms with Crippen LogP contribution in [0.25, 0.3) is 0 Å². The first kappa shape index (κ1) is 17.9. The fourth-order valence-corrected chi connectivity index (χ4v) is 2.23. The number of benzene rings is 2. The zero-order valence-electron chi connectivity index (χ0n) is 13.4. The van der Waals surface area contributed by atoms with Crippen LogP contribution in [-0.4, -0.2) is 17.1 Å². The third kappa shape index (κ3) is 5.03. The summed E-state index contributed by atoms with van der Waals surface area (Å²) >= 11 is 0. The van der Waals surface area contributed by atoms with Crippen molar-refractivity contribution < 1.29 is 23.4 Å².